The maximum absolute atomic E-state index is 4.62. The molecule has 1 saturated carbocycles. The minimum atomic E-state index is 0.253. The van der Waals surface area contributed by atoms with E-state index >= 15 is 0 Å². The molecule has 7 heteroatoms. The largest absolute Gasteiger partial charge is 0.355 e. The number of hydrogen-bond donors (Lipinski definition) is 2. The Bertz CT molecular complexity index is 699. The van der Waals surface area contributed by atoms with Crippen molar-refractivity contribution < 1.29 is 0 Å². The molecule has 0 spiro atoms. The topological polar surface area (TPSA) is 52.6 Å². The monoisotopic (exact) mass is 391 g/mol. The summed E-state index contributed by atoms with van der Waals surface area (Å²) >= 11 is 3.56. The summed E-state index contributed by atoms with van der Waals surface area (Å²) in [5.74, 6) is 0.853. The summed E-state index contributed by atoms with van der Waals surface area (Å²) in [4.78, 5) is 12.6. The van der Waals surface area contributed by atoms with E-state index in [1.54, 1.807) is 11.3 Å². The van der Waals surface area contributed by atoms with E-state index in [1.165, 1.54) is 37.0 Å². The summed E-state index contributed by atoms with van der Waals surface area (Å²) in [6.45, 7) is 1.63. The lowest BCUT2D eigenvalue weighted by Crippen LogP contribution is -2.46. The molecule has 0 saturated heterocycles. The summed E-state index contributed by atoms with van der Waals surface area (Å²) in [6.07, 6.45) is 6.51. The van der Waals surface area contributed by atoms with Crippen molar-refractivity contribution in [3.05, 3.63) is 33.5 Å². The first-order chi connectivity index (χ1) is 12.6. The molecule has 1 aliphatic carbocycles. The molecule has 142 valence electrons. The first kappa shape index (κ1) is 19.2. The fourth-order valence-corrected chi connectivity index (χ4v) is 5.30. The van der Waals surface area contributed by atoms with Crippen molar-refractivity contribution in [1.29, 1.82) is 0 Å². The quantitative estimate of drug-likeness (QED) is 0.580. The van der Waals surface area contributed by atoms with Crippen LogP contribution in [0.2, 0.25) is 0 Å². The smallest absolute Gasteiger partial charge is 0.191 e. The molecule has 0 radical (unpaired) electrons. The van der Waals surface area contributed by atoms with E-state index in [1.807, 2.05) is 37.4 Å². The number of nitrogens with one attached hydrogen (secondary N) is 2. The molecule has 2 heterocycles. The van der Waals surface area contributed by atoms with Gasteiger partial charge in [-0.05, 0) is 24.3 Å². The van der Waals surface area contributed by atoms with Gasteiger partial charge < -0.3 is 15.5 Å². The number of aliphatic imine (C=N–C) groups is 1. The molecule has 2 aromatic heterocycles. The lowest BCUT2D eigenvalue weighted by molar-refractivity contribution is 0.296. The van der Waals surface area contributed by atoms with Crippen LogP contribution in [0.5, 0.6) is 0 Å². The van der Waals surface area contributed by atoms with Crippen molar-refractivity contribution in [2.45, 2.75) is 44.1 Å². The lowest BCUT2D eigenvalue weighted by Gasteiger charge is -2.37. The van der Waals surface area contributed by atoms with Crippen LogP contribution >= 0.6 is 22.7 Å². The van der Waals surface area contributed by atoms with Crippen LogP contribution in [0.4, 0.5) is 5.13 Å². The summed E-state index contributed by atoms with van der Waals surface area (Å²) in [5.41, 5.74) is 1.30. The number of guanidine groups is 1. The summed E-state index contributed by atoms with van der Waals surface area (Å²) in [6, 6.07) is 4.47. The van der Waals surface area contributed by atoms with Crippen LogP contribution in [0.25, 0.3) is 0 Å². The maximum Gasteiger partial charge on any atom is 0.191 e. The van der Waals surface area contributed by atoms with E-state index < -0.39 is 0 Å². The van der Waals surface area contributed by atoms with Gasteiger partial charge in [-0.2, -0.15) is 0 Å². The highest BCUT2D eigenvalue weighted by Gasteiger charge is 2.34. The molecular formula is C19H29N5S2. The summed E-state index contributed by atoms with van der Waals surface area (Å²) in [7, 11) is 5.87. The Balaban J connectivity index is 1.58. The zero-order valence-electron chi connectivity index (χ0n) is 15.9. The minimum absolute atomic E-state index is 0.253. The highest BCUT2D eigenvalue weighted by molar-refractivity contribution is 7.13. The molecule has 0 amide bonds. The molecule has 0 bridgehead atoms. The first-order valence-electron chi connectivity index (χ1n) is 9.23. The highest BCUT2D eigenvalue weighted by atomic mass is 32.1. The Morgan fingerprint density at radius 2 is 2.04 bits per heavy atom. The molecule has 5 nitrogen and oxygen atoms in total. The van der Waals surface area contributed by atoms with E-state index in [0.29, 0.717) is 6.54 Å². The van der Waals surface area contributed by atoms with Crippen LogP contribution in [0.3, 0.4) is 0 Å². The number of anilines is 1. The molecule has 3 rings (SSSR count). The Morgan fingerprint density at radius 1 is 1.23 bits per heavy atom. The van der Waals surface area contributed by atoms with Crippen LogP contribution < -0.4 is 15.5 Å². The average molecular weight is 392 g/mol. The van der Waals surface area contributed by atoms with Crippen molar-refractivity contribution >= 4 is 33.8 Å². The molecule has 0 aliphatic heterocycles. The zero-order chi connectivity index (χ0) is 18.4. The van der Waals surface area contributed by atoms with Crippen molar-refractivity contribution in [1.82, 2.24) is 15.6 Å². The second-order valence-electron chi connectivity index (χ2n) is 7.11. The molecule has 26 heavy (non-hydrogen) atoms. The number of thiophene rings is 1. The van der Waals surface area contributed by atoms with E-state index in [9.17, 15) is 0 Å². The Hall–Kier alpha value is -1.60. The van der Waals surface area contributed by atoms with Crippen molar-refractivity contribution in [3.8, 4) is 0 Å². The Morgan fingerprint density at radius 3 is 2.65 bits per heavy atom. The molecule has 2 aromatic rings. The first-order valence-corrected chi connectivity index (χ1v) is 11.0. The van der Waals surface area contributed by atoms with Gasteiger partial charge in [0.25, 0.3) is 0 Å². The number of rotatable bonds is 6. The second-order valence-corrected chi connectivity index (χ2v) is 8.90. The van der Waals surface area contributed by atoms with E-state index in [2.05, 4.69) is 43.5 Å². The van der Waals surface area contributed by atoms with Gasteiger partial charge in [0.1, 0.15) is 0 Å². The SMILES string of the molecule is CN=C(NCc1csc(N(C)C)n1)NCC1(c2cccs2)CCCCC1. The molecule has 0 aromatic carbocycles. The van der Waals surface area contributed by atoms with E-state index in [-0.39, 0.29) is 5.41 Å². The Kier molecular flexibility index (Phi) is 6.53. The van der Waals surface area contributed by atoms with Gasteiger partial charge in [-0.15, -0.1) is 22.7 Å². The van der Waals surface area contributed by atoms with Gasteiger partial charge in [0.05, 0.1) is 12.2 Å². The molecule has 1 fully saturated rings. The van der Waals surface area contributed by atoms with Gasteiger partial charge in [-0.1, -0.05) is 25.3 Å². The number of nitrogens with zero attached hydrogens (tertiary/aromatic N) is 3. The van der Waals surface area contributed by atoms with Crippen LogP contribution in [-0.2, 0) is 12.0 Å². The standard InChI is InChI=1S/C19H29N5S2/c1-20-17(21-12-15-13-26-18(23-15)24(2)3)22-14-19(9-5-4-6-10-19)16-8-7-11-25-16/h7-8,11,13H,4-6,9-10,12,14H2,1-3H3,(H2,20,21,22). The average Bonchev–Trinajstić information content (AvgIpc) is 3.35. The number of hydrogen-bond acceptors (Lipinski definition) is 5. The fourth-order valence-electron chi connectivity index (χ4n) is 3.55. The van der Waals surface area contributed by atoms with Gasteiger partial charge >= 0.3 is 0 Å². The minimum Gasteiger partial charge on any atom is -0.355 e. The lowest BCUT2D eigenvalue weighted by atomic mass is 9.73. The number of thiazole rings is 1. The third-order valence-corrected chi connectivity index (χ3v) is 7.20. The Labute approximate surface area is 164 Å². The van der Waals surface area contributed by atoms with Crippen LogP contribution in [0.1, 0.15) is 42.7 Å². The van der Waals surface area contributed by atoms with Gasteiger partial charge in [-0.25, -0.2) is 4.98 Å². The van der Waals surface area contributed by atoms with Gasteiger partial charge in [0.15, 0.2) is 11.1 Å². The molecular weight excluding hydrogens is 362 g/mol. The van der Waals surface area contributed by atoms with E-state index in [0.717, 1.165) is 23.3 Å². The van der Waals surface area contributed by atoms with Crippen LogP contribution in [-0.4, -0.2) is 38.6 Å². The van der Waals surface area contributed by atoms with Crippen molar-refractivity contribution in [3.63, 3.8) is 0 Å². The molecule has 0 atom stereocenters. The third kappa shape index (κ3) is 4.57. The molecule has 1 aliphatic rings. The van der Waals surface area contributed by atoms with Crippen LogP contribution in [0, 0.1) is 0 Å². The number of aromatic nitrogens is 1. The van der Waals surface area contributed by atoms with Crippen molar-refractivity contribution in [2.75, 3.05) is 32.6 Å². The van der Waals surface area contributed by atoms with Crippen molar-refractivity contribution in [2.24, 2.45) is 4.99 Å². The zero-order valence-corrected chi connectivity index (χ0v) is 17.6. The normalized spacial score (nSPS) is 17.1. The van der Waals surface area contributed by atoms with Crippen LogP contribution in [0.15, 0.2) is 27.9 Å². The van der Waals surface area contributed by atoms with E-state index in [4.69, 9.17) is 0 Å². The third-order valence-electron chi connectivity index (χ3n) is 5.03. The summed E-state index contributed by atoms with van der Waals surface area (Å²) in [5, 5.41) is 12.3. The predicted molar refractivity (Wildman–Crippen MR) is 114 cm³/mol. The van der Waals surface area contributed by atoms with Gasteiger partial charge in [0.2, 0.25) is 0 Å². The molecule has 0 unspecified atom stereocenters. The van der Waals surface area contributed by atoms with Gasteiger partial charge in [-0.3, -0.25) is 4.99 Å². The summed E-state index contributed by atoms with van der Waals surface area (Å²) < 4.78 is 0. The molecule has 2 N–H and O–H groups in total. The fraction of sp³-hybridized carbons (Fsp3) is 0.579. The highest BCUT2D eigenvalue weighted by Crippen LogP contribution is 2.41. The maximum atomic E-state index is 4.62. The van der Waals surface area contributed by atoms with Gasteiger partial charge in [0, 0.05) is 43.4 Å². The second kappa shape index (κ2) is 8.86. The predicted octanol–water partition coefficient (Wildman–Crippen LogP) is 3.84.